The molecule has 0 unspecified atom stereocenters. The van der Waals surface area contributed by atoms with Gasteiger partial charge in [-0.15, -0.1) is 0 Å². The van der Waals surface area contributed by atoms with Crippen LogP contribution in [0.4, 0.5) is 0 Å². The Morgan fingerprint density at radius 2 is 1.08 bits per heavy atom. The molecule has 0 bridgehead atoms. The summed E-state index contributed by atoms with van der Waals surface area (Å²) in [5, 5.41) is 6.61. The van der Waals surface area contributed by atoms with Gasteiger partial charge in [-0.05, 0) is 41.5 Å². The van der Waals surface area contributed by atoms with Crippen LogP contribution in [0.1, 0.15) is 41.5 Å². The molecule has 0 aromatic heterocycles. The molecule has 0 radical (unpaired) electrons. The van der Waals surface area contributed by atoms with Crippen molar-refractivity contribution in [3.8, 4) is 0 Å². The average molecular weight is 191 g/mol. The third-order valence-electron chi connectivity index (χ3n) is 0.912. The third-order valence-corrected chi connectivity index (χ3v) is 2.74. The molecule has 74 valence electrons. The minimum absolute atomic E-state index is 0.0820. The maximum Gasteiger partial charge on any atom is 0.109 e. The van der Waals surface area contributed by atoms with E-state index in [0.717, 1.165) is 0 Å². The normalized spacial score (nSPS) is 14.0. The van der Waals surface area contributed by atoms with E-state index in [1.807, 2.05) is 0 Å². The lowest BCUT2D eigenvalue weighted by Gasteiger charge is -2.31. The lowest BCUT2D eigenvalue weighted by Crippen LogP contribution is -2.43. The second-order valence-corrected chi connectivity index (χ2v) is 6.28. The third kappa shape index (κ3) is 8.41. The van der Waals surface area contributed by atoms with Crippen molar-refractivity contribution >= 4 is 8.37 Å². The molecule has 0 spiro atoms. The Morgan fingerprint density at radius 1 is 0.833 bits per heavy atom. The summed E-state index contributed by atoms with van der Waals surface area (Å²) in [6, 6.07) is 0. The number of rotatable bonds is 2. The number of nitrogens with two attached hydrogens (primary N) is 1. The van der Waals surface area contributed by atoms with Crippen LogP contribution in [0, 0.1) is 0 Å². The summed E-state index contributed by atoms with van der Waals surface area (Å²) in [5.41, 5.74) is 6.05. The van der Waals surface area contributed by atoms with Crippen molar-refractivity contribution in [2.45, 2.75) is 52.6 Å². The molecule has 0 fully saturated rings. The van der Waals surface area contributed by atoms with Gasteiger partial charge in [0.25, 0.3) is 0 Å². The van der Waals surface area contributed by atoms with E-state index in [9.17, 15) is 0 Å². The molecular formula is C8H22N3P. The SMILES string of the molecule is CC(C)(C)NP(N)NC(C)(C)C. The van der Waals surface area contributed by atoms with Gasteiger partial charge in [0.1, 0.15) is 8.37 Å². The van der Waals surface area contributed by atoms with Gasteiger partial charge in [-0.3, -0.25) is 15.7 Å². The monoisotopic (exact) mass is 191 g/mol. The molecule has 0 aromatic carbocycles. The Kier molecular flexibility index (Phi) is 4.12. The van der Waals surface area contributed by atoms with E-state index in [1.54, 1.807) is 0 Å². The van der Waals surface area contributed by atoms with E-state index in [-0.39, 0.29) is 11.1 Å². The highest BCUT2D eigenvalue weighted by Gasteiger charge is 2.18. The topological polar surface area (TPSA) is 50.1 Å². The fraction of sp³-hybridized carbons (Fsp3) is 1.00. The van der Waals surface area contributed by atoms with Crippen molar-refractivity contribution in [2.75, 3.05) is 0 Å². The van der Waals surface area contributed by atoms with Gasteiger partial charge in [-0.1, -0.05) is 0 Å². The first-order valence-electron chi connectivity index (χ1n) is 4.21. The summed E-state index contributed by atoms with van der Waals surface area (Å²) < 4.78 is 0. The Hall–Kier alpha value is 0.310. The Bertz CT molecular complexity index is 118. The largest absolute Gasteiger partial charge is 0.285 e. The number of nitrogens with one attached hydrogen (secondary N) is 2. The standard InChI is InChI=1S/C8H22N3P/c1-7(2,3)10-12(9)11-8(4,5)6/h10-11H,9H2,1-6H3. The summed E-state index contributed by atoms with van der Waals surface area (Å²) in [5.74, 6) is 0. The van der Waals surface area contributed by atoms with Crippen molar-refractivity contribution in [3.63, 3.8) is 0 Å². The molecular weight excluding hydrogens is 169 g/mol. The first-order chi connectivity index (χ1) is 5.10. The summed E-state index contributed by atoms with van der Waals surface area (Å²) in [7, 11) is -0.757. The zero-order valence-electron chi connectivity index (χ0n) is 9.02. The van der Waals surface area contributed by atoms with E-state index < -0.39 is 8.37 Å². The van der Waals surface area contributed by atoms with Gasteiger partial charge >= 0.3 is 0 Å². The van der Waals surface area contributed by atoms with E-state index in [2.05, 4.69) is 51.7 Å². The predicted molar refractivity (Wildman–Crippen MR) is 56.9 cm³/mol. The summed E-state index contributed by atoms with van der Waals surface area (Å²) in [6.07, 6.45) is 0. The van der Waals surface area contributed by atoms with Gasteiger partial charge in [0.05, 0.1) is 0 Å². The smallest absolute Gasteiger partial charge is 0.109 e. The first kappa shape index (κ1) is 12.3. The van der Waals surface area contributed by atoms with Crippen LogP contribution in [0.3, 0.4) is 0 Å². The fourth-order valence-corrected chi connectivity index (χ4v) is 2.25. The minimum Gasteiger partial charge on any atom is -0.285 e. The van der Waals surface area contributed by atoms with Crippen LogP contribution in [-0.4, -0.2) is 11.1 Å². The van der Waals surface area contributed by atoms with Gasteiger partial charge in [-0.2, -0.15) is 0 Å². The molecule has 0 rings (SSSR count). The van der Waals surface area contributed by atoms with Crippen molar-refractivity contribution in [1.29, 1.82) is 0 Å². The molecule has 0 saturated carbocycles. The highest BCUT2D eigenvalue weighted by molar-refractivity contribution is 7.50. The van der Waals surface area contributed by atoms with Crippen LogP contribution in [0.25, 0.3) is 0 Å². The summed E-state index contributed by atoms with van der Waals surface area (Å²) in [4.78, 5) is 0. The van der Waals surface area contributed by atoms with Crippen LogP contribution in [0.15, 0.2) is 0 Å². The van der Waals surface area contributed by atoms with Crippen LogP contribution in [0.2, 0.25) is 0 Å². The van der Waals surface area contributed by atoms with Crippen molar-refractivity contribution in [3.05, 3.63) is 0 Å². The maximum absolute atomic E-state index is 5.89. The second kappa shape index (κ2) is 4.01. The molecule has 4 heteroatoms. The Morgan fingerprint density at radius 3 is 1.25 bits per heavy atom. The van der Waals surface area contributed by atoms with Gasteiger partial charge in [0, 0.05) is 11.1 Å². The van der Waals surface area contributed by atoms with Crippen LogP contribution < -0.4 is 15.7 Å². The molecule has 0 aromatic rings. The average Bonchev–Trinajstić information content (AvgIpc) is 1.49. The number of hydrogen-bond acceptors (Lipinski definition) is 3. The lowest BCUT2D eigenvalue weighted by molar-refractivity contribution is 0.495. The zero-order valence-corrected chi connectivity index (χ0v) is 9.92. The molecule has 0 aliphatic heterocycles. The van der Waals surface area contributed by atoms with E-state index >= 15 is 0 Å². The molecule has 12 heavy (non-hydrogen) atoms. The van der Waals surface area contributed by atoms with Crippen molar-refractivity contribution in [1.82, 2.24) is 10.2 Å². The van der Waals surface area contributed by atoms with Crippen LogP contribution in [0.5, 0.6) is 0 Å². The fourth-order valence-electron chi connectivity index (χ4n) is 0.751. The lowest BCUT2D eigenvalue weighted by atomic mass is 10.1. The number of hydrogen-bond donors (Lipinski definition) is 3. The molecule has 0 saturated heterocycles. The Balaban J connectivity index is 3.83. The predicted octanol–water partition coefficient (Wildman–Crippen LogP) is 1.95. The molecule has 4 N–H and O–H groups in total. The first-order valence-corrected chi connectivity index (χ1v) is 5.62. The van der Waals surface area contributed by atoms with Crippen molar-refractivity contribution < 1.29 is 0 Å². The van der Waals surface area contributed by atoms with Gasteiger partial charge in [0.2, 0.25) is 0 Å². The zero-order chi connectivity index (χ0) is 9.99. The van der Waals surface area contributed by atoms with Crippen LogP contribution in [-0.2, 0) is 0 Å². The molecule has 0 amide bonds. The molecule has 0 aliphatic carbocycles. The van der Waals surface area contributed by atoms with Crippen LogP contribution >= 0.6 is 8.37 Å². The van der Waals surface area contributed by atoms with E-state index in [1.165, 1.54) is 0 Å². The molecule has 3 nitrogen and oxygen atoms in total. The molecule has 0 aliphatic rings. The summed E-state index contributed by atoms with van der Waals surface area (Å²) >= 11 is 0. The van der Waals surface area contributed by atoms with Gasteiger partial charge in [0.15, 0.2) is 0 Å². The molecule has 0 heterocycles. The molecule has 0 atom stereocenters. The quantitative estimate of drug-likeness (QED) is 0.585. The highest BCUT2D eigenvalue weighted by atomic mass is 31.1. The highest BCUT2D eigenvalue weighted by Crippen LogP contribution is 2.23. The minimum atomic E-state index is -0.757. The van der Waals surface area contributed by atoms with E-state index in [0.29, 0.717) is 0 Å². The van der Waals surface area contributed by atoms with Gasteiger partial charge < -0.3 is 0 Å². The maximum atomic E-state index is 5.89. The Labute approximate surface area is 77.4 Å². The second-order valence-electron chi connectivity index (χ2n) is 5.09. The van der Waals surface area contributed by atoms with E-state index in [4.69, 9.17) is 5.50 Å². The van der Waals surface area contributed by atoms with Crippen molar-refractivity contribution in [2.24, 2.45) is 5.50 Å². The van der Waals surface area contributed by atoms with Gasteiger partial charge in [-0.25, -0.2) is 0 Å². The summed E-state index contributed by atoms with van der Waals surface area (Å²) in [6.45, 7) is 12.7.